The van der Waals surface area contributed by atoms with Gasteiger partial charge in [0, 0.05) is 36.0 Å². The van der Waals surface area contributed by atoms with Crippen LogP contribution in [0.1, 0.15) is 72.5 Å². The molecule has 0 radical (unpaired) electrons. The first-order valence-corrected chi connectivity index (χ1v) is 13.7. The summed E-state index contributed by atoms with van der Waals surface area (Å²) in [4.78, 5) is 17.2. The minimum absolute atomic E-state index is 0.0619. The zero-order chi connectivity index (χ0) is 24.6. The number of fused-ring (bicyclic) bond motifs is 1. The van der Waals surface area contributed by atoms with Crippen LogP contribution in [-0.2, 0) is 22.9 Å². The molecule has 1 unspecified atom stereocenters. The Balaban J connectivity index is 1.52. The van der Waals surface area contributed by atoms with Gasteiger partial charge in [0.15, 0.2) is 0 Å². The van der Waals surface area contributed by atoms with Gasteiger partial charge in [0.05, 0.1) is 5.56 Å². The molecule has 0 saturated heterocycles. The van der Waals surface area contributed by atoms with Gasteiger partial charge >= 0.3 is 5.63 Å². The number of sulfonamides is 1. The molecule has 0 bridgehead atoms. The summed E-state index contributed by atoms with van der Waals surface area (Å²) in [6.07, 6.45) is 10.2. The highest BCUT2D eigenvalue weighted by Gasteiger charge is 2.38. The van der Waals surface area contributed by atoms with Crippen LogP contribution in [0.3, 0.4) is 0 Å². The molecule has 1 saturated carbocycles. The fourth-order valence-corrected chi connectivity index (χ4v) is 6.18. The summed E-state index contributed by atoms with van der Waals surface area (Å²) in [6, 6.07) is 8.64. The van der Waals surface area contributed by atoms with Crippen molar-refractivity contribution in [2.45, 2.75) is 69.1 Å². The van der Waals surface area contributed by atoms with Crippen molar-refractivity contribution in [1.29, 1.82) is 0 Å². The van der Waals surface area contributed by atoms with Gasteiger partial charge in [-0.05, 0) is 74.3 Å². The first-order valence-electron chi connectivity index (χ1n) is 12.3. The van der Waals surface area contributed by atoms with Gasteiger partial charge in [0.1, 0.15) is 16.4 Å². The highest BCUT2D eigenvalue weighted by atomic mass is 32.2. The van der Waals surface area contributed by atoms with Crippen molar-refractivity contribution in [3.05, 3.63) is 81.2 Å². The van der Waals surface area contributed by atoms with E-state index in [1.165, 1.54) is 6.20 Å². The number of anilines is 1. The maximum Gasteiger partial charge on any atom is 0.343 e. The molecule has 1 atom stereocenters. The Hall–Kier alpha value is -3.13. The Labute approximate surface area is 205 Å². The second-order valence-corrected chi connectivity index (χ2v) is 11.4. The molecule has 0 spiro atoms. The lowest BCUT2D eigenvalue weighted by Gasteiger charge is -2.22. The molecule has 5 rings (SSSR count). The van der Waals surface area contributed by atoms with Crippen molar-refractivity contribution in [1.82, 2.24) is 4.98 Å². The molecule has 2 N–H and O–H groups in total. The zero-order valence-corrected chi connectivity index (χ0v) is 20.6. The van der Waals surface area contributed by atoms with Crippen LogP contribution in [0.4, 0.5) is 5.69 Å². The van der Waals surface area contributed by atoms with Gasteiger partial charge in [-0.3, -0.25) is 9.71 Å². The molecule has 1 aromatic carbocycles. The molecule has 2 heterocycles. The minimum atomic E-state index is -3.83. The summed E-state index contributed by atoms with van der Waals surface area (Å²) in [6.45, 7) is 1.78. The number of rotatable bonds is 6. The summed E-state index contributed by atoms with van der Waals surface area (Å²) < 4.78 is 34.3. The first kappa shape index (κ1) is 23.6. The Bertz CT molecular complexity index is 1410. The van der Waals surface area contributed by atoms with E-state index >= 15 is 0 Å². The van der Waals surface area contributed by atoms with E-state index in [4.69, 9.17) is 4.42 Å². The first-order chi connectivity index (χ1) is 16.8. The molecule has 2 aliphatic carbocycles. The van der Waals surface area contributed by atoms with Crippen molar-refractivity contribution >= 4 is 15.7 Å². The van der Waals surface area contributed by atoms with Crippen LogP contribution in [0.25, 0.3) is 0 Å². The van der Waals surface area contributed by atoms with Crippen LogP contribution in [0.5, 0.6) is 5.75 Å². The fourth-order valence-electron chi connectivity index (χ4n) is 5.08. The highest BCUT2D eigenvalue weighted by Crippen LogP contribution is 2.49. The molecule has 8 heteroatoms. The molecule has 0 aliphatic heterocycles. The molecule has 3 aromatic rings. The van der Waals surface area contributed by atoms with Gasteiger partial charge in [-0.1, -0.05) is 25.0 Å². The number of pyridine rings is 1. The molecule has 184 valence electrons. The summed E-state index contributed by atoms with van der Waals surface area (Å²) in [5, 5.41) is 11.3. The number of nitrogens with zero attached hydrogens (tertiary/aromatic N) is 1. The van der Waals surface area contributed by atoms with E-state index in [0.29, 0.717) is 29.9 Å². The normalized spacial score (nSPS) is 17.2. The molecule has 0 amide bonds. The van der Waals surface area contributed by atoms with Crippen LogP contribution >= 0.6 is 0 Å². The number of hydrogen-bond donors (Lipinski definition) is 2. The van der Waals surface area contributed by atoms with Crippen molar-refractivity contribution < 1.29 is 17.9 Å². The molecular formula is C27H30N2O5S. The second kappa shape index (κ2) is 9.49. The average molecular weight is 495 g/mol. The average Bonchev–Trinajstić information content (AvgIpc) is 3.63. The van der Waals surface area contributed by atoms with Gasteiger partial charge < -0.3 is 9.52 Å². The Morgan fingerprint density at radius 3 is 2.60 bits per heavy atom. The predicted molar refractivity (Wildman–Crippen MR) is 133 cm³/mol. The number of hydrogen-bond acceptors (Lipinski definition) is 6. The number of aromatic hydroxyl groups is 1. The molecule has 2 aliphatic rings. The van der Waals surface area contributed by atoms with Crippen LogP contribution in [0.15, 0.2) is 56.8 Å². The predicted octanol–water partition coefficient (Wildman–Crippen LogP) is 5.05. The van der Waals surface area contributed by atoms with E-state index in [2.05, 4.69) is 9.71 Å². The lowest BCUT2D eigenvalue weighted by atomic mass is 9.85. The van der Waals surface area contributed by atoms with Crippen LogP contribution in [0.2, 0.25) is 0 Å². The maximum atomic E-state index is 13.1. The van der Waals surface area contributed by atoms with E-state index in [9.17, 15) is 18.3 Å². The standard InChI is InChI=1S/C27H30N2O5S/c1-17-13-21(16-28-15-17)35(32,33)29-20-8-6-7-19(14-20)24(18-11-12-18)25-26(30)22-9-4-2-3-5-10-23(22)34-27(25)31/h6-8,13-16,18,24,29-30H,2-5,9-12H2,1H3. The van der Waals surface area contributed by atoms with Crippen LogP contribution < -0.4 is 10.3 Å². The summed E-state index contributed by atoms with van der Waals surface area (Å²) in [5.74, 6) is 0.515. The number of aryl methyl sites for hydroxylation is 2. The summed E-state index contributed by atoms with van der Waals surface area (Å²) >= 11 is 0. The topological polar surface area (TPSA) is 110 Å². The van der Waals surface area contributed by atoms with Gasteiger partial charge in [-0.2, -0.15) is 0 Å². The van der Waals surface area contributed by atoms with Crippen LogP contribution in [-0.4, -0.2) is 18.5 Å². The van der Waals surface area contributed by atoms with Gasteiger partial charge in [0.2, 0.25) is 0 Å². The van der Waals surface area contributed by atoms with Gasteiger partial charge in [-0.15, -0.1) is 0 Å². The molecule has 7 nitrogen and oxygen atoms in total. The molecule has 2 aromatic heterocycles. The van der Waals surface area contributed by atoms with E-state index in [-0.39, 0.29) is 22.5 Å². The minimum Gasteiger partial charge on any atom is -0.507 e. The van der Waals surface area contributed by atoms with Crippen LogP contribution in [0, 0.1) is 12.8 Å². The zero-order valence-electron chi connectivity index (χ0n) is 19.8. The number of nitrogens with one attached hydrogen (secondary N) is 1. The van der Waals surface area contributed by atoms with Gasteiger partial charge in [0.25, 0.3) is 10.0 Å². The number of benzene rings is 1. The number of aromatic nitrogens is 1. The van der Waals surface area contributed by atoms with E-state index < -0.39 is 15.6 Å². The van der Waals surface area contributed by atoms with E-state index in [0.717, 1.165) is 55.2 Å². The smallest absolute Gasteiger partial charge is 0.343 e. The van der Waals surface area contributed by atoms with E-state index in [1.54, 1.807) is 37.4 Å². The fraction of sp³-hybridized carbons (Fsp3) is 0.407. The summed E-state index contributed by atoms with van der Waals surface area (Å²) in [5.41, 5.74) is 2.49. The maximum absolute atomic E-state index is 13.1. The molecular weight excluding hydrogens is 464 g/mol. The third-order valence-electron chi connectivity index (χ3n) is 6.96. The summed E-state index contributed by atoms with van der Waals surface area (Å²) in [7, 11) is -3.83. The van der Waals surface area contributed by atoms with Crippen molar-refractivity contribution in [3.8, 4) is 5.75 Å². The lowest BCUT2D eigenvalue weighted by Crippen LogP contribution is -2.19. The highest BCUT2D eigenvalue weighted by molar-refractivity contribution is 7.92. The Kier molecular flexibility index (Phi) is 6.40. The quantitative estimate of drug-likeness (QED) is 0.496. The van der Waals surface area contributed by atoms with Crippen molar-refractivity contribution in [3.63, 3.8) is 0 Å². The monoisotopic (exact) mass is 494 g/mol. The second-order valence-electron chi connectivity index (χ2n) is 9.71. The largest absolute Gasteiger partial charge is 0.507 e. The van der Waals surface area contributed by atoms with E-state index in [1.807, 2.05) is 6.07 Å². The molecule has 35 heavy (non-hydrogen) atoms. The SMILES string of the molecule is Cc1cncc(S(=O)(=O)Nc2cccc(C(c3c(O)c4c(oc3=O)CCCCCC4)C3CC3)c2)c1. The van der Waals surface area contributed by atoms with Crippen molar-refractivity contribution in [2.24, 2.45) is 5.92 Å². The van der Waals surface area contributed by atoms with Gasteiger partial charge in [-0.25, -0.2) is 13.2 Å². The third-order valence-corrected chi connectivity index (χ3v) is 8.30. The lowest BCUT2D eigenvalue weighted by molar-refractivity contribution is 0.382. The van der Waals surface area contributed by atoms with Crippen molar-refractivity contribution in [2.75, 3.05) is 4.72 Å². The third kappa shape index (κ3) is 4.98. The Morgan fingerprint density at radius 1 is 1.09 bits per heavy atom. The Morgan fingerprint density at radius 2 is 1.86 bits per heavy atom. The molecule has 1 fully saturated rings.